The number of amides is 1. The van der Waals surface area contributed by atoms with Crippen molar-refractivity contribution in [3.63, 3.8) is 0 Å². The van der Waals surface area contributed by atoms with Crippen LogP contribution in [0.3, 0.4) is 0 Å². The fourth-order valence-electron chi connectivity index (χ4n) is 1.10. The van der Waals surface area contributed by atoms with Crippen molar-refractivity contribution in [2.24, 2.45) is 0 Å². The average Bonchev–Trinajstić information content (AvgIpc) is 2.23. The van der Waals surface area contributed by atoms with E-state index in [-0.39, 0.29) is 5.91 Å². The molecule has 0 saturated carbocycles. The van der Waals surface area contributed by atoms with Crippen LogP contribution in [0.4, 0.5) is 11.5 Å². The Labute approximate surface area is 89.1 Å². The van der Waals surface area contributed by atoms with E-state index >= 15 is 0 Å². The van der Waals surface area contributed by atoms with Crippen LogP contribution in [0.5, 0.6) is 0 Å². The van der Waals surface area contributed by atoms with Gasteiger partial charge in [0.1, 0.15) is 5.82 Å². The van der Waals surface area contributed by atoms with Crippen LogP contribution in [0.1, 0.15) is 12.1 Å². The van der Waals surface area contributed by atoms with Gasteiger partial charge in [-0.3, -0.25) is 4.79 Å². The molecule has 5 nitrogen and oxygen atoms in total. The van der Waals surface area contributed by atoms with Crippen LogP contribution in [0.15, 0.2) is 12.1 Å². The lowest BCUT2D eigenvalue weighted by Gasteiger charge is -2.06. The van der Waals surface area contributed by atoms with Gasteiger partial charge in [0.05, 0.1) is 11.4 Å². The Morgan fingerprint density at radius 2 is 2.27 bits per heavy atom. The molecule has 0 aliphatic heterocycles. The van der Waals surface area contributed by atoms with E-state index in [0.717, 1.165) is 11.5 Å². The third kappa shape index (κ3) is 3.46. The largest absolute Gasteiger partial charge is 0.397 e. The molecule has 0 spiro atoms. The normalized spacial score (nSPS) is 9.73. The Hall–Kier alpha value is -1.78. The summed E-state index contributed by atoms with van der Waals surface area (Å²) in [6.07, 6.45) is 0.432. The minimum atomic E-state index is 0.00895. The predicted octanol–water partition coefficient (Wildman–Crippen LogP) is 0.520. The van der Waals surface area contributed by atoms with E-state index in [2.05, 4.69) is 15.6 Å². The fourth-order valence-corrected chi connectivity index (χ4v) is 1.10. The van der Waals surface area contributed by atoms with Crippen LogP contribution >= 0.6 is 0 Å². The smallest absolute Gasteiger partial charge is 0.221 e. The number of pyridine rings is 1. The van der Waals surface area contributed by atoms with E-state index in [0.29, 0.717) is 18.7 Å². The highest BCUT2D eigenvalue weighted by Gasteiger charge is 2.00. The first-order chi connectivity index (χ1) is 7.13. The second-order valence-corrected chi connectivity index (χ2v) is 3.22. The molecule has 5 heteroatoms. The number of nitrogen functional groups attached to an aromatic ring is 1. The van der Waals surface area contributed by atoms with Gasteiger partial charge in [-0.15, -0.1) is 0 Å². The van der Waals surface area contributed by atoms with Gasteiger partial charge in [-0.1, -0.05) is 0 Å². The molecule has 0 radical (unpaired) electrons. The van der Waals surface area contributed by atoms with Gasteiger partial charge < -0.3 is 16.4 Å². The lowest BCUT2D eigenvalue weighted by molar-refractivity contribution is -0.120. The number of nitrogens with one attached hydrogen (secondary N) is 2. The average molecular weight is 208 g/mol. The monoisotopic (exact) mass is 208 g/mol. The van der Waals surface area contributed by atoms with E-state index in [4.69, 9.17) is 5.73 Å². The molecule has 1 amide bonds. The molecule has 1 rings (SSSR count). The Balaban J connectivity index is 2.44. The van der Waals surface area contributed by atoms with Gasteiger partial charge in [0.2, 0.25) is 5.91 Å². The Morgan fingerprint density at radius 1 is 1.53 bits per heavy atom. The lowest BCUT2D eigenvalue weighted by atomic mass is 10.3. The molecule has 0 saturated heterocycles. The molecule has 0 aliphatic rings. The van der Waals surface area contributed by atoms with Crippen molar-refractivity contribution in [2.45, 2.75) is 13.3 Å². The Bertz CT molecular complexity index is 351. The molecule has 0 unspecified atom stereocenters. The van der Waals surface area contributed by atoms with Crippen LogP contribution in [0.2, 0.25) is 0 Å². The minimum Gasteiger partial charge on any atom is -0.397 e. The number of carbonyl (C=O) groups excluding carboxylic acids is 1. The highest BCUT2D eigenvalue weighted by Crippen LogP contribution is 2.11. The summed E-state index contributed by atoms with van der Waals surface area (Å²) in [5, 5.41) is 5.60. The van der Waals surface area contributed by atoms with Gasteiger partial charge in [0, 0.05) is 20.0 Å². The molecule has 4 N–H and O–H groups in total. The number of hydrogen-bond donors (Lipinski definition) is 3. The van der Waals surface area contributed by atoms with Crippen molar-refractivity contribution in [2.75, 3.05) is 24.6 Å². The molecule has 0 fully saturated rings. The zero-order valence-electron chi connectivity index (χ0n) is 9.00. The van der Waals surface area contributed by atoms with Crippen molar-refractivity contribution in [3.05, 3.63) is 17.8 Å². The molecule has 0 atom stereocenters. The van der Waals surface area contributed by atoms with Crippen molar-refractivity contribution in [3.8, 4) is 0 Å². The van der Waals surface area contributed by atoms with Crippen molar-refractivity contribution in [1.29, 1.82) is 0 Å². The second-order valence-electron chi connectivity index (χ2n) is 3.22. The molecule has 1 aromatic rings. The van der Waals surface area contributed by atoms with Crippen LogP contribution < -0.4 is 16.4 Å². The van der Waals surface area contributed by atoms with Gasteiger partial charge in [-0.2, -0.15) is 0 Å². The van der Waals surface area contributed by atoms with E-state index in [1.807, 2.05) is 6.92 Å². The van der Waals surface area contributed by atoms with Gasteiger partial charge >= 0.3 is 0 Å². The summed E-state index contributed by atoms with van der Waals surface area (Å²) in [6, 6.07) is 3.59. The number of aromatic nitrogens is 1. The molecule has 0 aromatic carbocycles. The second kappa shape index (κ2) is 5.19. The van der Waals surface area contributed by atoms with E-state index in [9.17, 15) is 4.79 Å². The maximum atomic E-state index is 10.9. The lowest BCUT2D eigenvalue weighted by Crippen LogP contribution is -2.21. The summed E-state index contributed by atoms with van der Waals surface area (Å²) in [4.78, 5) is 15.2. The third-order valence-corrected chi connectivity index (χ3v) is 2.06. The van der Waals surface area contributed by atoms with Crippen LogP contribution in [-0.4, -0.2) is 24.5 Å². The Morgan fingerprint density at radius 3 is 2.87 bits per heavy atom. The van der Waals surface area contributed by atoms with Crippen molar-refractivity contribution < 1.29 is 4.79 Å². The summed E-state index contributed by atoms with van der Waals surface area (Å²) in [6.45, 7) is 2.41. The number of carbonyl (C=O) groups is 1. The number of rotatable bonds is 4. The number of nitrogens with two attached hydrogens (primary N) is 1. The Kier molecular flexibility index (Phi) is 3.91. The number of hydrogen-bond acceptors (Lipinski definition) is 4. The van der Waals surface area contributed by atoms with Crippen molar-refractivity contribution in [1.82, 2.24) is 10.3 Å². The van der Waals surface area contributed by atoms with Crippen LogP contribution in [0, 0.1) is 6.92 Å². The standard InChI is InChI=1S/C10H16N4O/c1-7-8(11)3-4-9(14-7)13-6-5-10(15)12-2/h3-4H,5-6,11H2,1-2H3,(H,12,15)(H,13,14). The van der Waals surface area contributed by atoms with Crippen molar-refractivity contribution >= 4 is 17.4 Å². The summed E-state index contributed by atoms with van der Waals surface area (Å²) in [7, 11) is 1.62. The SMILES string of the molecule is CNC(=O)CCNc1ccc(N)c(C)n1. The number of nitrogens with zero attached hydrogens (tertiary/aromatic N) is 1. The zero-order chi connectivity index (χ0) is 11.3. The fraction of sp³-hybridized carbons (Fsp3) is 0.400. The molecular formula is C10H16N4O. The molecular weight excluding hydrogens is 192 g/mol. The van der Waals surface area contributed by atoms with Crippen LogP contribution in [-0.2, 0) is 4.79 Å². The van der Waals surface area contributed by atoms with E-state index < -0.39 is 0 Å². The van der Waals surface area contributed by atoms with Gasteiger partial charge in [0.15, 0.2) is 0 Å². The maximum absolute atomic E-state index is 10.9. The quantitative estimate of drug-likeness (QED) is 0.674. The number of anilines is 2. The first-order valence-corrected chi connectivity index (χ1v) is 4.81. The van der Waals surface area contributed by atoms with E-state index in [1.54, 1.807) is 19.2 Å². The zero-order valence-corrected chi connectivity index (χ0v) is 9.00. The third-order valence-electron chi connectivity index (χ3n) is 2.06. The number of aryl methyl sites for hydroxylation is 1. The first kappa shape index (κ1) is 11.3. The predicted molar refractivity (Wildman–Crippen MR) is 60.6 cm³/mol. The first-order valence-electron chi connectivity index (χ1n) is 4.81. The van der Waals surface area contributed by atoms with Gasteiger partial charge in [-0.05, 0) is 19.1 Å². The molecule has 1 heterocycles. The maximum Gasteiger partial charge on any atom is 0.221 e. The molecule has 0 bridgehead atoms. The molecule has 0 aliphatic carbocycles. The molecule has 15 heavy (non-hydrogen) atoms. The topological polar surface area (TPSA) is 80.0 Å². The summed E-state index contributed by atoms with van der Waals surface area (Å²) in [5.41, 5.74) is 7.10. The van der Waals surface area contributed by atoms with Gasteiger partial charge in [0.25, 0.3) is 0 Å². The highest BCUT2D eigenvalue weighted by atomic mass is 16.1. The van der Waals surface area contributed by atoms with E-state index in [1.165, 1.54) is 0 Å². The molecule has 1 aromatic heterocycles. The summed E-state index contributed by atoms with van der Waals surface area (Å²) >= 11 is 0. The molecule has 82 valence electrons. The summed E-state index contributed by atoms with van der Waals surface area (Å²) < 4.78 is 0. The minimum absolute atomic E-state index is 0.00895. The summed E-state index contributed by atoms with van der Waals surface area (Å²) in [5.74, 6) is 0.750. The van der Waals surface area contributed by atoms with Gasteiger partial charge in [-0.25, -0.2) is 4.98 Å². The van der Waals surface area contributed by atoms with Crippen LogP contribution in [0.25, 0.3) is 0 Å². The highest BCUT2D eigenvalue weighted by molar-refractivity contribution is 5.76.